The summed E-state index contributed by atoms with van der Waals surface area (Å²) < 4.78 is 5.16. The van der Waals surface area contributed by atoms with E-state index in [4.69, 9.17) is 22.1 Å². The Morgan fingerprint density at radius 2 is 2.00 bits per heavy atom. The summed E-state index contributed by atoms with van der Waals surface area (Å²) in [7, 11) is 0. The number of nitrogen functional groups attached to an aromatic ring is 1. The van der Waals surface area contributed by atoms with Gasteiger partial charge in [0.15, 0.2) is 0 Å². The quantitative estimate of drug-likeness (QED) is 0.511. The SMILES string of the molecule is CC(=O)Oc1ccc(N)cc1-c1cccc(Cl)c1. The van der Waals surface area contributed by atoms with E-state index in [0.717, 1.165) is 11.1 Å². The minimum absolute atomic E-state index is 0.372. The van der Waals surface area contributed by atoms with Gasteiger partial charge in [0.05, 0.1) is 0 Å². The highest BCUT2D eigenvalue weighted by atomic mass is 35.5. The van der Waals surface area contributed by atoms with E-state index < -0.39 is 0 Å². The fourth-order valence-electron chi connectivity index (χ4n) is 1.67. The lowest BCUT2D eigenvalue weighted by Crippen LogP contribution is -2.03. The topological polar surface area (TPSA) is 52.3 Å². The van der Waals surface area contributed by atoms with Crippen molar-refractivity contribution >= 4 is 23.3 Å². The summed E-state index contributed by atoms with van der Waals surface area (Å²) in [5.41, 5.74) is 7.95. The maximum Gasteiger partial charge on any atom is 0.308 e. The van der Waals surface area contributed by atoms with Gasteiger partial charge in [-0.15, -0.1) is 0 Å². The van der Waals surface area contributed by atoms with Crippen LogP contribution < -0.4 is 10.5 Å². The lowest BCUT2D eigenvalue weighted by atomic mass is 10.0. The van der Waals surface area contributed by atoms with Gasteiger partial charge in [0, 0.05) is 23.2 Å². The maximum absolute atomic E-state index is 11.1. The normalized spacial score (nSPS) is 10.1. The highest BCUT2D eigenvalue weighted by molar-refractivity contribution is 6.30. The Balaban J connectivity index is 2.54. The van der Waals surface area contributed by atoms with Gasteiger partial charge in [-0.3, -0.25) is 4.79 Å². The molecule has 0 fully saturated rings. The lowest BCUT2D eigenvalue weighted by Gasteiger charge is -2.10. The Morgan fingerprint density at radius 3 is 2.67 bits per heavy atom. The number of ether oxygens (including phenoxy) is 1. The number of carbonyl (C=O) groups is 1. The molecule has 0 aliphatic carbocycles. The monoisotopic (exact) mass is 261 g/mol. The fraction of sp³-hybridized carbons (Fsp3) is 0.0714. The van der Waals surface area contributed by atoms with Crippen LogP contribution in [0.2, 0.25) is 5.02 Å². The molecule has 0 spiro atoms. The van der Waals surface area contributed by atoms with Crippen LogP contribution >= 0.6 is 11.6 Å². The van der Waals surface area contributed by atoms with Crippen LogP contribution in [-0.2, 0) is 4.79 Å². The average Bonchev–Trinajstić information content (AvgIpc) is 2.31. The average molecular weight is 262 g/mol. The Hall–Kier alpha value is -2.00. The standard InChI is InChI=1S/C14H12ClNO2/c1-9(17)18-14-6-5-12(16)8-13(14)10-3-2-4-11(15)7-10/h2-8H,16H2,1H3. The van der Waals surface area contributed by atoms with Crippen LogP contribution in [0.3, 0.4) is 0 Å². The molecule has 18 heavy (non-hydrogen) atoms. The zero-order valence-corrected chi connectivity index (χ0v) is 10.6. The number of esters is 1. The number of benzene rings is 2. The van der Waals surface area contributed by atoms with Gasteiger partial charge < -0.3 is 10.5 Å². The van der Waals surface area contributed by atoms with Crippen molar-refractivity contribution in [3.63, 3.8) is 0 Å². The van der Waals surface area contributed by atoms with Crippen LogP contribution in [0, 0.1) is 0 Å². The molecule has 0 aliphatic heterocycles. The minimum Gasteiger partial charge on any atom is -0.426 e. The zero-order valence-electron chi connectivity index (χ0n) is 9.81. The third-order valence-corrected chi connectivity index (χ3v) is 2.63. The molecule has 92 valence electrons. The molecule has 0 saturated heterocycles. The first-order valence-electron chi connectivity index (χ1n) is 5.40. The van der Waals surface area contributed by atoms with Gasteiger partial charge in [-0.2, -0.15) is 0 Å². The molecule has 2 rings (SSSR count). The Bertz CT molecular complexity index is 596. The highest BCUT2D eigenvalue weighted by Gasteiger charge is 2.09. The van der Waals surface area contributed by atoms with Crippen LogP contribution in [0.25, 0.3) is 11.1 Å². The Morgan fingerprint density at radius 1 is 1.22 bits per heavy atom. The van der Waals surface area contributed by atoms with Crippen molar-refractivity contribution in [1.82, 2.24) is 0 Å². The van der Waals surface area contributed by atoms with Gasteiger partial charge in [0.1, 0.15) is 5.75 Å². The molecule has 2 aromatic carbocycles. The van der Waals surface area contributed by atoms with Crippen molar-refractivity contribution in [2.24, 2.45) is 0 Å². The minimum atomic E-state index is -0.372. The van der Waals surface area contributed by atoms with E-state index in [9.17, 15) is 4.79 Å². The van der Waals surface area contributed by atoms with Gasteiger partial charge in [0.2, 0.25) is 0 Å². The summed E-state index contributed by atoms with van der Waals surface area (Å²) in [6.45, 7) is 1.36. The van der Waals surface area contributed by atoms with Crippen molar-refractivity contribution in [3.05, 3.63) is 47.5 Å². The van der Waals surface area contributed by atoms with Gasteiger partial charge in [-0.05, 0) is 35.9 Å². The first kappa shape index (κ1) is 12.5. The number of hydrogen-bond acceptors (Lipinski definition) is 3. The van der Waals surface area contributed by atoms with E-state index in [2.05, 4.69) is 0 Å². The van der Waals surface area contributed by atoms with Gasteiger partial charge >= 0.3 is 5.97 Å². The van der Waals surface area contributed by atoms with Crippen molar-refractivity contribution in [2.75, 3.05) is 5.73 Å². The van der Waals surface area contributed by atoms with Crippen molar-refractivity contribution in [2.45, 2.75) is 6.92 Å². The number of carbonyl (C=O) groups excluding carboxylic acids is 1. The van der Waals surface area contributed by atoms with E-state index in [0.29, 0.717) is 16.5 Å². The highest BCUT2D eigenvalue weighted by Crippen LogP contribution is 2.33. The van der Waals surface area contributed by atoms with Gasteiger partial charge in [-0.1, -0.05) is 23.7 Å². The van der Waals surface area contributed by atoms with Crippen LogP contribution in [0.15, 0.2) is 42.5 Å². The molecule has 0 aromatic heterocycles. The molecule has 0 atom stereocenters. The second kappa shape index (κ2) is 5.10. The summed E-state index contributed by atoms with van der Waals surface area (Å²) in [6.07, 6.45) is 0. The first-order chi connectivity index (χ1) is 8.56. The fourth-order valence-corrected chi connectivity index (χ4v) is 1.86. The molecular formula is C14H12ClNO2. The Kier molecular flexibility index (Phi) is 3.53. The molecule has 4 heteroatoms. The zero-order chi connectivity index (χ0) is 13.1. The predicted molar refractivity (Wildman–Crippen MR) is 72.6 cm³/mol. The van der Waals surface area contributed by atoms with Crippen LogP contribution in [-0.4, -0.2) is 5.97 Å². The second-order valence-corrected chi connectivity index (χ2v) is 4.30. The third-order valence-electron chi connectivity index (χ3n) is 2.39. The van der Waals surface area contributed by atoms with Crippen LogP contribution in [0.5, 0.6) is 5.75 Å². The summed E-state index contributed by atoms with van der Waals surface area (Å²) in [4.78, 5) is 11.1. The lowest BCUT2D eigenvalue weighted by molar-refractivity contribution is -0.131. The van der Waals surface area contributed by atoms with E-state index >= 15 is 0 Å². The van der Waals surface area contributed by atoms with E-state index in [-0.39, 0.29) is 5.97 Å². The smallest absolute Gasteiger partial charge is 0.308 e. The molecule has 0 unspecified atom stereocenters. The molecule has 0 saturated carbocycles. The van der Waals surface area contributed by atoms with Crippen molar-refractivity contribution < 1.29 is 9.53 Å². The van der Waals surface area contributed by atoms with Gasteiger partial charge in [0.25, 0.3) is 0 Å². The predicted octanol–water partition coefficient (Wildman–Crippen LogP) is 3.51. The molecule has 0 bridgehead atoms. The number of rotatable bonds is 2. The van der Waals surface area contributed by atoms with Crippen LogP contribution in [0.1, 0.15) is 6.92 Å². The molecule has 2 N–H and O–H groups in total. The summed E-state index contributed by atoms with van der Waals surface area (Å²) >= 11 is 5.95. The van der Waals surface area contributed by atoms with E-state index in [1.54, 1.807) is 30.3 Å². The molecular weight excluding hydrogens is 250 g/mol. The molecule has 2 aromatic rings. The summed E-state index contributed by atoms with van der Waals surface area (Å²) in [6, 6.07) is 12.4. The van der Waals surface area contributed by atoms with E-state index in [1.807, 2.05) is 12.1 Å². The van der Waals surface area contributed by atoms with Crippen molar-refractivity contribution in [3.8, 4) is 16.9 Å². The van der Waals surface area contributed by atoms with Crippen molar-refractivity contribution in [1.29, 1.82) is 0 Å². The van der Waals surface area contributed by atoms with E-state index in [1.165, 1.54) is 6.92 Å². The number of halogens is 1. The molecule has 0 aliphatic rings. The maximum atomic E-state index is 11.1. The van der Waals surface area contributed by atoms with Gasteiger partial charge in [-0.25, -0.2) is 0 Å². The van der Waals surface area contributed by atoms with Crippen LogP contribution in [0.4, 0.5) is 5.69 Å². The third kappa shape index (κ3) is 2.81. The first-order valence-corrected chi connectivity index (χ1v) is 5.78. The molecule has 3 nitrogen and oxygen atoms in total. The summed E-state index contributed by atoms with van der Waals surface area (Å²) in [5, 5.41) is 0.615. The number of nitrogens with two attached hydrogens (primary N) is 1. The largest absolute Gasteiger partial charge is 0.426 e. The summed E-state index contributed by atoms with van der Waals surface area (Å²) in [5.74, 6) is 0.0991. The number of anilines is 1. The molecule has 0 heterocycles. The second-order valence-electron chi connectivity index (χ2n) is 3.86. The molecule has 0 radical (unpaired) electrons. The molecule has 0 amide bonds. The number of hydrogen-bond donors (Lipinski definition) is 1. The Labute approximate surface area is 110 Å².